The van der Waals surface area contributed by atoms with Crippen LogP contribution in [0.1, 0.15) is 27.2 Å². The maximum Gasteiger partial charge on any atom is 0.175 e. The number of anilines is 1. The second kappa shape index (κ2) is 4.54. The normalized spacial score (nSPS) is 11.6. The standard InChI is InChI=1S/C10H15Cl2N3/c1-5-10(2,3)15(4)7-6-8(11)13-14-9(7)12/h6H,5H2,1-4H3. The predicted octanol–water partition coefficient (Wildman–Crippen LogP) is 3.41. The first-order valence-electron chi connectivity index (χ1n) is 4.81. The molecule has 1 aromatic heterocycles. The number of halogens is 2. The van der Waals surface area contributed by atoms with Gasteiger partial charge < -0.3 is 4.90 Å². The first-order valence-corrected chi connectivity index (χ1v) is 5.56. The monoisotopic (exact) mass is 247 g/mol. The fraction of sp³-hybridized carbons (Fsp3) is 0.600. The van der Waals surface area contributed by atoms with Crippen LogP contribution in [0.5, 0.6) is 0 Å². The van der Waals surface area contributed by atoms with E-state index in [1.54, 1.807) is 6.07 Å². The molecule has 0 saturated carbocycles. The molecule has 0 aliphatic rings. The summed E-state index contributed by atoms with van der Waals surface area (Å²) in [5.74, 6) is 0. The van der Waals surface area contributed by atoms with Crippen LogP contribution in [0.15, 0.2) is 6.07 Å². The molecule has 0 radical (unpaired) electrons. The molecule has 1 aromatic rings. The first kappa shape index (κ1) is 12.5. The molecule has 0 spiro atoms. The van der Waals surface area contributed by atoms with E-state index in [0.29, 0.717) is 10.3 Å². The van der Waals surface area contributed by atoms with Crippen LogP contribution in [-0.4, -0.2) is 22.8 Å². The molecule has 0 unspecified atom stereocenters. The summed E-state index contributed by atoms with van der Waals surface area (Å²) in [5, 5.41) is 8.21. The third-order valence-corrected chi connectivity index (χ3v) is 3.29. The lowest BCUT2D eigenvalue weighted by molar-refractivity contribution is 0.470. The molecule has 0 amide bonds. The molecule has 3 nitrogen and oxygen atoms in total. The lowest BCUT2D eigenvalue weighted by Crippen LogP contribution is -2.40. The van der Waals surface area contributed by atoms with E-state index in [1.807, 2.05) is 7.05 Å². The van der Waals surface area contributed by atoms with Gasteiger partial charge in [-0.3, -0.25) is 0 Å². The number of rotatable bonds is 3. The molecule has 0 aromatic carbocycles. The highest BCUT2D eigenvalue weighted by atomic mass is 35.5. The van der Waals surface area contributed by atoms with Crippen LogP contribution >= 0.6 is 23.2 Å². The minimum atomic E-state index is 0.00992. The zero-order chi connectivity index (χ0) is 11.6. The van der Waals surface area contributed by atoms with Gasteiger partial charge in [0, 0.05) is 18.7 Å². The zero-order valence-electron chi connectivity index (χ0n) is 9.38. The molecular formula is C10H15Cl2N3. The van der Waals surface area contributed by atoms with Gasteiger partial charge in [-0.05, 0) is 20.3 Å². The SMILES string of the molecule is CCC(C)(C)N(C)c1cc(Cl)nnc1Cl. The fourth-order valence-corrected chi connectivity index (χ4v) is 1.50. The highest BCUT2D eigenvalue weighted by Crippen LogP contribution is 2.30. The van der Waals surface area contributed by atoms with Gasteiger partial charge in [0.15, 0.2) is 10.3 Å². The van der Waals surface area contributed by atoms with Gasteiger partial charge in [0.2, 0.25) is 0 Å². The van der Waals surface area contributed by atoms with Gasteiger partial charge in [-0.25, -0.2) is 0 Å². The number of hydrogen-bond acceptors (Lipinski definition) is 3. The third kappa shape index (κ3) is 2.73. The van der Waals surface area contributed by atoms with Crippen LogP contribution < -0.4 is 4.90 Å². The van der Waals surface area contributed by atoms with Gasteiger partial charge >= 0.3 is 0 Å². The van der Waals surface area contributed by atoms with Gasteiger partial charge in [0.25, 0.3) is 0 Å². The van der Waals surface area contributed by atoms with Crippen molar-refractivity contribution in [1.82, 2.24) is 10.2 Å². The predicted molar refractivity (Wildman–Crippen MR) is 64.8 cm³/mol. The Morgan fingerprint density at radius 1 is 1.33 bits per heavy atom. The molecule has 5 heteroatoms. The van der Waals surface area contributed by atoms with Crippen LogP contribution in [0.3, 0.4) is 0 Å². The molecule has 0 aliphatic heterocycles. The molecule has 84 valence electrons. The minimum absolute atomic E-state index is 0.00992. The molecule has 15 heavy (non-hydrogen) atoms. The Kier molecular flexibility index (Phi) is 3.79. The van der Waals surface area contributed by atoms with Gasteiger partial charge in [-0.2, -0.15) is 0 Å². The highest BCUT2D eigenvalue weighted by molar-refractivity contribution is 6.33. The van der Waals surface area contributed by atoms with E-state index in [1.165, 1.54) is 0 Å². The first-order chi connectivity index (χ1) is 6.88. The molecule has 1 rings (SSSR count). The maximum atomic E-state index is 5.98. The van der Waals surface area contributed by atoms with Gasteiger partial charge in [-0.15, -0.1) is 10.2 Å². The Morgan fingerprint density at radius 2 is 1.93 bits per heavy atom. The number of aromatic nitrogens is 2. The quantitative estimate of drug-likeness (QED) is 0.820. The van der Waals surface area contributed by atoms with E-state index in [2.05, 4.69) is 35.9 Å². The third-order valence-electron chi connectivity index (χ3n) is 2.84. The smallest absolute Gasteiger partial charge is 0.175 e. The summed E-state index contributed by atoms with van der Waals surface area (Å²) in [7, 11) is 1.97. The molecule has 1 heterocycles. The molecule has 0 saturated heterocycles. The van der Waals surface area contributed by atoms with Gasteiger partial charge in [0.1, 0.15) is 0 Å². The van der Waals surface area contributed by atoms with Crippen LogP contribution in [0, 0.1) is 0 Å². The molecule has 0 fully saturated rings. The van der Waals surface area contributed by atoms with E-state index in [0.717, 1.165) is 12.1 Å². The summed E-state index contributed by atoms with van der Waals surface area (Å²) in [5.41, 5.74) is 0.819. The van der Waals surface area contributed by atoms with Crippen molar-refractivity contribution in [2.24, 2.45) is 0 Å². The van der Waals surface area contributed by atoms with Crippen molar-refractivity contribution in [1.29, 1.82) is 0 Å². The van der Waals surface area contributed by atoms with E-state index in [-0.39, 0.29) is 5.54 Å². The second-order valence-corrected chi connectivity index (χ2v) is 4.81. The molecule has 0 aliphatic carbocycles. The largest absolute Gasteiger partial charge is 0.367 e. The van der Waals surface area contributed by atoms with E-state index >= 15 is 0 Å². The summed E-state index contributed by atoms with van der Waals surface area (Å²) in [6.45, 7) is 6.40. The second-order valence-electron chi connectivity index (χ2n) is 4.07. The average Bonchev–Trinajstić information content (AvgIpc) is 2.20. The van der Waals surface area contributed by atoms with Crippen LogP contribution in [0.2, 0.25) is 10.3 Å². The van der Waals surface area contributed by atoms with Crippen molar-refractivity contribution in [3.63, 3.8) is 0 Å². The van der Waals surface area contributed by atoms with Crippen molar-refractivity contribution < 1.29 is 0 Å². The summed E-state index contributed by atoms with van der Waals surface area (Å²) in [6.07, 6.45) is 1.000. The van der Waals surface area contributed by atoms with Crippen LogP contribution in [0.4, 0.5) is 5.69 Å². The molecule has 0 N–H and O–H groups in total. The Balaban J connectivity index is 3.10. The van der Waals surface area contributed by atoms with Crippen molar-refractivity contribution in [2.75, 3.05) is 11.9 Å². The van der Waals surface area contributed by atoms with Gasteiger partial charge in [0.05, 0.1) is 5.69 Å². The number of hydrogen-bond donors (Lipinski definition) is 0. The highest BCUT2D eigenvalue weighted by Gasteiger charge is 2.24. The lowest BCUT2D eigenvalue weighted by atomic mass is 9.99. The Bertz CT molecular complexity index is 353. The molecule has 0 bridgehead atoms. The Labute approximate surface area is 100 Å². The Hall–Kier alpha value is -0.540. The molecule has 0 atom stereocenters. The lowest BCUT2D eigenvalue weighted by Gasteiger charge is -2.36. The van der Waals surface area contributed by atoms with Crippen molar-refractivity contribution in [3.8, 4) is 0 Å². The van der Waals surface area contributed by atoms with Crippen molar-refractivity contribution in [3.05, 3.63) is 16.4 Å². The van der Waals surface area contributed by atoms with Crippen molar-refractivity contribution >= 4 is 28.9 Å². The van der Waals surface area contributed by atoms with E-state index < -0.39 is 0 Å². The summed E-state index contributed by atoms with van der Waals surface area (Å²) in [6, 6.07) is 1.73. The fourth-order valence-electron chi connectivity index (χ4n) is 1.14. The summed E-state index contributed by atoms with van der Waals surface area (Å²) >= 11 is 11.8. The van der Waals surface area contributed by atoms with Gasteiger partial charge in [-0.1, -0.05) is 30.1 Å². The Morgan fingerprint density at radius 3 is 2.47 bits per heavy atom. The zero-order valence-corrected chi connectivity index (χ0v) is 10.9. The summed E-state index contributed by atoms with van der Waals surface area (Å²) < 4.78 is 0. The average molecular weight is 248 g/mol. The maximum absolute atomic E-state index is 5.98. The number of nitrogens with zero attached hydrogens (tertiary/aromatic N) is 3. The summed E-state index contributed by atoms with van der Waals surface area (Å²) in [4.78, 5) is 2.07. The topological polar surface area (TPSA) is 29.0 Å². The minimum Gasteiger partial charge on any atom is -0.367 e. The molecular weight excluding hydrogens is 233 g/mol. The van der Waals surface area contributed by atoms with Crippen LogP contribution in [-0.2, 0) is 0 Å². The van der Waals surface area contributed by atoms with E-state index in [4.69, 9.17) is 23.2 Å². The van der Waals surface area contributed by atoms with E-state index in [9.17, 15) is 0 Å². The van der Waals surface area contributed by atoms with Crippen LogP contribution in [0.25, 0.3) is 0 Å². The van der Waals surface area contributed by atoms with Crippen molar-refractivity contribution in [2.45, 2.75) is 32.7 Å².